The average Bonchev–Trinajstić information content (AvgIpc) is 2.89. The fraction of sp³-hybridized carbons (Fsp3) is 0.533. The summed E-state index contributed by atoms with van der Waals surface area (Å²) in [7, 11) is 0. The van der Waals surface area contributed by atoms with E-state index in [1.54, 1.807) is 0 Å². The van der Waals surface area contributed by atoms with Gasteiger partial charge in [-0.1, -0.05) is 0 Å². The van der Waals surface area contributed by atoms with E-state index in [-0.39, 0.29) is 5.92 Å². The van der Waals surface area contributed by atoms with Crippen LogP contribution in [0.3, 0.4) is 0 Å². The quantitative estimate of drug-likeness (QED) is 0.791. The van der Waals surface area contributed by atoms with Crippen molar-refractivity contribution in [2.45, 2.75) is 30.4 Å². The van der Waals surface area contributed by atoms with E-state index in [1.165, 1.54) is 4.46 Å². The molecule has 1 aliphatic carbocycles. The summed E-state index contributed by atoms with van der Waals surface area (Å²) in [4.78, 5) is 12.2. The third-order valence-corrected chi connectivity index (χ3v) is 6.12. The first-order valence-corrected chi connectivity index (χ1v) is 8.85. The van der Waals surface area contributed by atoms with Gasteiger partial charge in [0.2, 0.25) is 0 Å². The molecule has 4 heteroatoms. The first-order chi connectivity index (χ1) is 9.30. The molecule has 102 valence electrons. The number of rotatable bonds is 3. The molecule has 1 aromatic carbocycles. The van der Waals surface area contributed by atoms with Crippen LogP contribution in [0.4, 0.5) is 0 Å². The molecule has 1 saturated heterocycles. The van der Waals surface area contributed by atoms with Crippen LogP contribution in [0.5, 0.6) is 0 Å². The van der Waals surface area contributed by atoms with Gasteiger partial charge in [0.05, 0.1) is 0 Å². The van der Waals surface area contributed by atoms with Gasteiger partial charge in [0.1, 0.15) is 0 Å². The summed E-state index contributed by atoms with van der Waals surface area (Å²) in [6.45, 7) is 1.25. The molecule has 3 nitrogen and oxygen atoms in total. The zero-order valence-corrected chi connectivity index (χ0v) is 12.6. The number of Topliss-reactive ketones (excluding diaryl/α,β-unsaturated/α-hetero) is 1. The van der Waals surface area contributed by atoms with Crippen LogP contribution in [0.15, 0.2) is 30.3 Å². The summed E-state index contributed by atoms with van der Waals surface area (Å²) < 4.78 is 13.0. The Bertz CT molecular complexity index is 440. The molecule has 0 amide bonds. The van der Waals surface area contributed by atoms with Crippen molar-refractivity contribution in [1.82, 2.24) is 0 Å². The van der Waals surface area contributed by atoms with Crippen molar-refractivity contribution in [3.63, 3.8) is 0 Å². The minimum absolute atomic E-state index is 0.0658. The molecular weight excluding hydrogens is 307 g/mol. The Hall–Kier alpha value is -0.671. The zero-order chi connectivity index (χ0) is 13.1. The van der Waals surface area contributed by atoms with Crippen LogP contribution in [0, 0.1) is 5.92 Å². The summed E-state index contributed by atoms with van der Waals surface area (Å²) in [5, 5.41) is 0.885. The molecule has 1 atom stereocenters. The van der Waals surface area contributed by atoms with Crippen LogP contribution in [0.25, 0.3) is 0 Å². The Balaban J connectivity index is 1.71. The summed E-state index contributed by atoms with van der Waals surface area (Å²) in [6.07, 6.45) is 2.45. The SMILES string of the molecule is O=C1CCCC2(OCCO2)C1C[Se]c1ccccc1. The van der Waals surface area contributed by atoms with Crippen LogP contribution in [0.1, 0.15) is 19.3 Å². The molecule has 1 unspecified atom stereocenters. The molecule has 0 N–H and O–H groups in total. The topological polar surface area (TPSA) is 35.5 Å². The average molecular weight is 325 g/mol. The van der Waals surface area contributed by atoms with Crippen LogP contribution in [-0.2, 0) is 14.3 Å². The number of ketones is 1. The van der Waals surface area contributed by atoms with Crippen molar-refractivity contribution in [1.29, 1.82) is 0 Å². The Morgan fingerprint density at radius 2 is 1.95 bits per heavy atom. The normalized spacial score (nSPS) is 25.9. The maximum absolute atomic E-state index is 12.2. The fourth-order valence-corrected chi connectivity index (χ4v) is 5.24. The minimum atomic E-state index is -0.591. The van der Waals surface area contributed by atoms with E-state index in [0.717, 1.165) is 18.2 Å². The van der Waals surface area contributed by atoms with Gasteiger partial charge in [-0.3, -0.25) is 0 Å². The predicted octanol–water partition coefficient (Wildman–Crippen LogP) is 1.55. The molecule has 3 rings (SSSR count). The molecule has 2 aliphatic rings. The molecule has 1 spiro atoms. The Labute approximate surface area is 119 Å². The molecule has 0 aromatic heterocycles. The fourth-order valence-electron chi connectivity index (χ4n) is 2.83. The summed E-state index contributed by atoms with van der Waals surface area (Å²) in [5.41, 5.74) is 0. The van der Waals surface area contributed by atoms with Gasteiger partial charge in [0.25, 0.3) is 0 Å². The standard InChI is InChI=1S/C15H18O3Se/c16-14-7-4-8-15(17-9-10-18-15)13(14)11-19-12-5-2-1-3-6-12/h1-3,5-6,13H,4,7-11H2. The summed E-state index contributed by atoms with van der Waals surface area (Å²) in [5.74, 6) is -0.332. The molecule has 19 heavy (non-hydrogen) atoms. The van der Waals surface area contributed by atoms with E-state index in [0.29, 0.717) is 40.4 Å². The number of ether oxygens (including phenoxy) is 2. The molecule has 0 radical (unpaired) electrons. The predicted molar refractivity (Wildman–Crippen MR) is 73.6 cm³/mol. The Kier molecular flexibility index (Phi) is 4.04. The van der Waals surface area contributed by atoms with Gasteiger partial charge in [0, 0.05) is 0 Å². The van der Waals surface area contributed by atoms with Crippen LogP contribution < -0.4 is 4.46 Å². The number of carbonyl (C=O) groups excluding carboxylic acids is 1. The van der Waals surface area contributed by atoms with Crippen molar-refractivity contribution >= 4 is 25.2 Å². The number of benzene rings is 1. The van der Waals surface area contributed by atoms with Gasteiger partial charge in [-0.25, -0.2) is 0 Å². The van der Waals surface area contributed by atoms with Crippen LogP contribution in [0.2, 0.25) is 5.32 Å². The third-order valence-electron chi connectivity index (χ3n) is 3.80. The van der Waals surface area contributed by atoms with Gasteiger partial charge in [-0.05, 0) is 0 Å². The summed E-state index contributed by atoms with van der Waals surface area (Å²) >= 11 is 0.307. The van der Waals surface area contributed by atoms with Gasteiger partial charge in [-0.2, -0.15) is 0 Å². The summed E-state index contributed by atoms with van der Waals surface area (Å²) in [6, 6.07) is 10.4. The molecule has 0 bridgehead atoms. The first-order valence-electron chi connectivity index (χ1n) is 6.79. The number of hydrogen-bond acceptors (Lipinski definition) is 3. The third kappa shape index (κ3) is 2.77. The van der Waals surface area contributed by atoms with Crippen LogP contribution >= 0.6 is 0 Å². The van der Waals surface area contributed by atoms with E-state index in [1.807, 2.05) is 6.07 Å². The molecule has 1 heterocycles. The maximum atomic E-state index is 12.2. The van der Waals surface area contributed by atoms with E-state index in [9.17, 15) is 4.79 Å². The van der Waals surface area contributed by atoms with Gasteiger partial charge >= 0.3 is 119 Å². The first kappa shape index (κ1) is 13.3. The molecule has 1 aliphatic heterocycles. The van der Waals surface area contributed by atoms with Gasteiger partial charge in [0.15, 0.2) is 0 Å². The molecule has 1 saturated carbocycles. The Morgan fingerprint density at radius 1 is 1.21 bits per heavy atom. The second kappa shape index (κ2) is 5.76. The second-order valence-corrected chi connectivity index (χ2v) is 7.30. The van der Waals surface area contributed by atoms with Crippen molar-refractivity contribution in [2.24, 2.45) is 5.92 Å². The van der Waals surface area contributed by atoms with E-state index in [4.69, 9.17) is 9.47 Å². The van der Waals surface area contributed by atoms with Gasteiger partial charge in [-0.15, -0.1) is 0 Å². The van der Waals surface area contributed by atoms with Crippen molar-refractivity contribution < 1.29 is 14.3 Å². The Morgan fingerprint density at radius 3 is 2.68 bits per heavy atom. The monoisotopic (exact) mass is 326 g/mol. The van der Waals surface area contributed by atoms with E-state index < -0.39 is 5.79 Å². The van der Waals surface area contributed by atoms with Crippen molar-refractivity contribution in [2.75, 3.05) is 13.2 Å². The van der Waals surface area contributed by atoms with Gasteiger partial charge < -0.3 is 0 Å². The second-order valence-electron chi connectivity index (χ2n) is 5.01. The zero-order valence-electron chi connectivity index (χ0n) is 10.8. The van der Waals surface area contributed by atoms with Crippen molar-refractivity contribution in [3.05, 3.63) is 30.3 Å². The number of hydrogen-bond donors (Lipinski definition) is 0. The van der Waals surface area contributed by atoms with E-state index in [2.05, 4.69) is 24.3 Å². The number of carbonyl (C=O) groups is 1. The molecule has 2 fully saturated rings. The molecule has 1 aromatic rings. The van der Waals surface area contributed by atoms with E-state index >= 15 is 0 Å². The van der Waals surface area contributed by atoms with Crippen LogP contribution in [-0.4, -0.2) is 39.7 Å². The molecular formula is C15H18O3Se. The van der Waals surface area contributed by atoms with Crippen molar-refractivity contribution in [3.8, 4) is 0 Å².